The number of nitrogens with one attached hydrogen (secondary N) is 1. The SMILES string of the molecule is N#CC1CN(S(=O)(=O)N2CCC[C@H](C(=O)N3CCC[C@@H]3C(=O)NCc3ccc(Cl)c(F)c3)C2)C1. The number of piperidine rings is 1. The van der Waals surface area contributed by atoms with Gasteiger partial charge in [0.05, 0.1) is 22.9 Å². The molecule has 1 aromatic carbocycles. The first-order chi connectivity index (χ1) is 16.2. The molecule has 0 aliphatic carbocycles. The van der Waals surface area contributed by atoms with Gasteiger partial charge in [0.15, 0.2) is 0 Å². The van der Waals surface area contributed by atoms with E-state index >= 15 is 0 Å². The average Bonchev–Trinajstić information content (AvgIpc) is 3.28. The third-order valence-electron chi connectivity index (χ3n) is 6.71. The van der Waals surface area contributed by atoms with Gasteiger partial charge in [-0.3, -0.25) is 9.59 Å². The van der Waals surface area contributed by atoms with Crippen LogP contribution in [0.4, 0.5) is 4.39 Å². The fourth-order valence-corrected chi connectivity index (χ4v) is 6.63. The molecular formula is C22H27ClFN5O4S. The van der Waals surface area contributed by atoms with Crippen LogP contribution >= 0.6 is 11.6 Å². The number of nitriles is 1. The largest absolute Gasteiger partial charge is 0.350 e. The Hall–Kier alpha value is -2.26. The molecule has 1 aromatic rings. The quantitative estimate of drug-likeness (QED) is 0.621. The van der Waals surface area contributed by atoms with Crippen LogP contribution in [0.2, 0.25) is 5.02 Å². The molecule has 0 radical (unpaired) electrons. The molecule has 2 atom stereocenters. The van der Waals surface area contributed by atoms with Crippen LogP contribution in [0.1, 0.15) is 31.2 Å². The van der Waals surface area contributed by atoms with Crippen LogP contribution in [-0.4, -0.2) is 72.5 Å². The predicted octanol–water partition coefficient (Wildman–Crippen LogP) is 1.50. The molecule has 2 amide bonds. The van der Waals surface area contributed by atoms with Crippen molar-refractivity contribution in [2.24, 2.45) is 11.8 Å². The van der Waals surface area contributed by atoms with Gasteiger partial charge in [0.25, 0.3) is 10.2 Å². The summed E-state index contributed by atoms with van der Waals surface area (Å²) in [6, 6.07) is 5.73. The van der Waals surface area contributed by atoms with E-state index in [9.17, 15) is 22.4 Å². The van der Waals surface area contributed by atoms with Gasteiger partial charge in [0.2, 0.25) is 11.8 Å². The highest BCUT2D eigenvalue weighted by Gasteiger charge is 2.44. The first-order valence-corrected chi connectivity index (χ1v) is 13.1. The van der Waals surface area contributed by atoms with Crippen molar-refractivity contribution < 1.29 is 22.4 Å². The normalized spacial score (nSPS) is 24.4. The van der Waals surface area contributed by atoms with E-state index in [0.717, 1.165) is 0 Å². The minimum atomic E-state index is -3.71. The second-order valence-electron chi connectivity index (χ2n) is 9.00. The van der Waals surface area contributed by atoms with Gasteiger partial charge in [-0.05, 0) is 43.4 Å². The number of hydrogen-bond acceptors (Lipinski definition) is 5. The Morgan fingerprint density at radius 3 is 2.59 bits per heavy atom. The zero-order chi connectivity index (χ0) is 24.5. The number of carbonyl (C=O) groups is 2. The van der Waals surface area contributed by atoms with Gasteiger partial charge in [0, 0.05) is 39.3 Å². The number of likely N-dealkylation sites (tertiary alicyclic amines) is 1. The number of rotatable bonds is 6. The summed E-state index contributed by atoms with van der Waals surface area (Å²) in [4.78, 5) is 27.7. The number of halogens is 2. The lowest BCUT2D eigenvalue weighted by Gasteiger charge is -2.41. The third kappa shape index (κ3) is 5.05. The van der Waals surface area contributed by atoms with Crippen molar-refractivity contribution in [1.82, 2.24) is 18.8 Å². The minimum Gasteiger partial charge on any atom is -0.350 e. The Bertz CT molecular complexity index is 1110. The predicted molar refractivity (Wildman–Crippen MR) is 122 cm³/mol. The maximum atomic E-state index is 13.6. The van der Waals surface area contributed by atoms with E-state index in [0.29, 0.717) is 44.3 Å². The number of hydrogen-bond donors (Lipinski definition) is 1. The van der Waals surface area contributed by atoms with E-state index in [2.05, 4.69) is 11.4 Å². The van der Waals surface area contributed by atoms with Gasteiger partial charge in [0.1, 0.15) is 11.9 Å². The molecule has 0 unspecified atom stereocenters. The highest BCUT2D eigenvalue weighted by molar-refractivity contribution is 7.86. The first kappa shape index (κ1) is 24.9. The molecule has 3 aliphatic heterocycles. The van der Waals surface area contributed by atoms with Crippen LogP contribution in [0.5, 0.6) is 0 Å². The van der Waals surface area contributed by atoms with Gasteiger partial charge in [-0.1, -0.05) is 17.7 Å². The third-order valence-corrected chi connectivity index (χ3v) is 8.95. The maximum absolute atomic E-state index is 13.6. The van der Waals surface area contributed by atoms with Gasteiger partial charge in [-0.2, -0.15) is 22.3 Å². The number of benzene rings is 1. The van der Waals surface area contributed by atoms with E-state index in [1.165, 1.54) is 20.7 Å². The van der Waals surface area contributed by atoms with Crippen LogP contribution in [0.15, 0.2) is 18.2 Å². The van der Waals surface area contributed by atoms with E-state index in [1.807, 2.05) is 0 Å². The van der Waals surface area contributed by atoms with Gasteiger partial charge in [-0.25, -0.2) is 4.39 Å². The summed E-state index contributed by atoms with van der Waals surface area (Å²) < 4.78 is 42.0. The molecule has 3 heterocycles. The lowest BCUT2D eigenvalue weighted by Crippen LogP contribution is -2.57. The molecule has 0 spiro atoms. The highest BCUT2D eigenvalue weighted by Crippen LogP contribution is 2.29. The van der Waals surface area contributed by atoms with Crippen molar-refractivity contribution in [3.63, 3.8) is 0 Å². The second-order valence-corrected chi connectivity index (χ2v) is 11.3. The van der Waals surface area contributed by atoms with Gasteiger partial charge in [-0.15, -0.1) is 0 Å². The Balaban J connectivity index is 1.36. The van der Waals surface area contributed by atoms with Crippen molar-refractivity contribution in [3.05, 3.63) is 34.6 Å². The maximum Gasteiger partial charge on any atom is 0.282 e. The molecule has 3 saturated heterocycles. The molecule has 12 heteroatoms. The van der Waals surface area contributed by atoms with Crippen molar-refractivity contribution in [1.29, 1.82) is 5.26 Å². The smallest absolute Gasteiger partial charge is 0.282 e. The summed E-state index contributed by atoms with van der Waals surface area (Å²) in [6.07, 6.45) is 2.31. The summed E-state index contributed by atoms with van der Waals surface area (Å²) in [5, 5.41) is 11.7. The van der Waals surface area contributed by atoms with Gasteiger partial charge < -0.3 is 10.2 Å². The molecule has 1 N–H and O–H groups in total. The minimum absolute atomic E-state index is 0.00479. The Morgan fingerprint density at radius 2 is 1.88 bits per heavy atom. The lowest BCUT2D eigenvalue weighted by atomic mass is 9.97. The summed E-state index contributed by atoms with van der Waals surface area (Å²) >= 11 is 5.69. The molecule has 0 bridgehead atoms. The van der Waals surface area contributed by atoms with E-state index < -0.39 is 28.0 Å². The standard InChI is InChI=1S/C22H27ClFN5O4S/c23-18-6-5-15(9-19(18)24)11-26-21(30)20-4-2-8-29(20)22(31)17-3-1-7-27(14-17)34(32,33)28-12-16(10-25)13-28/h5-6,9,16-17,20H,1-4,7-8,11-14H2,(H,26,30)/t17-,20+/m0/s1. The Labute approximate surface area is 203 Å². The lowest BCUT2D eigenvalue weighted by molar-refractivity contribution is -0.142. The zero-order valence-electron chi connectivity index (χ0n) is 18.6. The van der Waals surface area contributed by atoms with Crippen LogP contribution in [0, 0.1) is 29.0 Å². The fraction of sp³-hybridized carbons (Fsp3) is 0.591. The molecular weight excluding hydrogens is 485 g/mol. The molecule has 3 fully saturated rings. The van der Waals surface area contributed by atoms with Crippen LogP contribution in [-0.2, 0) is 26.3 Å². The monoisotopic (exact) mass is 511 g/mol. The highest BCUT2D eigenvalue weighted by atomic mass is 35.5. The summed E-state index contributed by atoms with van der Waals surface area (Å²) in [6.45, 7) is 1.32. The molecule has 3 aliphatic rings. The van der Waals surface area contributed by atoms with Crippen molar-refractivity contribution in [2.75, 3.05) is 32.7 Å². The van der Waals surface area contributed by atoms with E-state index in [4.69, 9.17) is 16.9 Å². The van der Waals surface area contributed by atoms with Crippen molar-refractivity contribution >= 4 is 33.6 Å². The molecule has 0 saturated carbocycles. The first-order valence-electron chi connectivity index (χ1n) is 11.4. The van der Waals surface area contributed by atoms with Crippen LogP contribution in [0.25, 0.3) is 0 Å². The topological polar surface area (TPSA) is 114 Å². The van der Waals surface area contributed by atoms with E-state index in [-0.39, 0.29) is 48.9 Å². The molecule has 4 rings (SSSR count). The summed E-state index contributed by atoms with van der Waals surface area (Å²) in [7, 11) is -3.71. The Kier molecular flexibility index (Phi) is 7.42. The zero-order valence-corrected chi connectivity index (χ0v) is 20.2. The van der Waals surface area contributed by atoms with Crippen LogP contribution in [0.3, 0.4) is 0 Å². The van der Waals surface area contributed by atoms with Crippen molar-refractivity contribution in [3.8, 4) is 6.07 Å². The fourth-order valence-electron chi connectivity index (χ4n) is 4.72. The van der Waals surface area contributed by atoms with E-state index in [1.54, 1.807) is 11.0 Å². The average molecular weight is 512 g/mol. The second kappa shape index (κ2) is 10.2. The molecule has 34 heavy (non-hydrogen) atoms. The number of carbonyl (C=O) groups excluding carboxylic acids is 2. The summed E-state index contributed by atoms with van der Waals surface area (Å²) in [5.74, 6) is -1.90. The molecule has 184 valence electrons. The Morgan fingerprint density at radius 1 is 1.15 bits per heavy atom. The van der Waals surface area contributed by atoms with Gasteiger partial charge >= 0.3 is 0 Å². The molecule has 0 aromatic heterocycles. The number of amides is 2. The van der Waals surface area contributed by atoms with Crippen LogP contribution < -0.4 is 5.32 Å². The van der Waals surface area contributed by atoms with Crippen molar-refractivity contribution in [2.45, 2.75) is 38.3 Å². The molecule has 9 nitrogen and oxygen atoms in total. The summed E-state index contributed by atoms with van der Waals surface area (Å²) in [5.41, 5.74) is 0.559. The number of nitrogens with zero attached hydrogens (tertiary/aromatic N) is 4.